The molecule has 1 aromatic carbocycles. The van der Waals surface area contributed by atoms with Crippen molar-refractivity contribution in [3.05, 3.63) is 34.2 Å². The predicted octanol–water partition coefficient (Wildman–Crippen LogP) is 2.97. The second kappa shape index (κ2) is 3.24. The van der Waals surface area contributed by atoms with Crippen molar-refractivity contribution in [3.63, 3.8) is 0 Å². The zero-order valence-electron chi connectivity index (χ0n) is 7.77. The molecule has 2 N–H and O–H groups in total. The van der Waals surface area contributed by atoms with E-state index in [0.717, 1.165) is 6.07 Å². The Morgan fingerprint density at radius 2 is 2.20 bits per heavy atom. The van der Waals surface area contributed by atoms with Crippen LogP contribution in [-0.2, 0) is 0 Å². The molecule has 0 fully saturated rings. The van der Waals surface area contributed by atoms with Crippen LogP contribution in [0.15, 0.2) is 12.1 Å². The van der Waals surface area contributed by atoms with Crippen molar-refractivity contribution in [1.29, 1.82) is 0 Å². The molecule has 0 aliphatic heterocycles. The Morgan fingerprint density at radius 3 is 2.80 bits per heavy atom. The topological polar surface area (TPSA) is 53.1 Å². The molecule has 0 atom stereocenters. The molecule has 1 aromatic heterocycles. The molecule has 0 saturated carbocycles. The number of aromatic amines is 1. The van der Waals surface area contributed by atoms with Crippen LogP contribution in [0.5, 0.6) is 0 Å². The molecule has 78 valence electrons. The summed E-state index contributed by atoms with van der Waals surface area (Å²) in [6.07, 6.45) is 0. The summed E-state index contributed by atoms with van der Waals surface area (Å²) < 4.78 is 13.0. The lowest BCUT2D eigenvalue weighted by molar-refractivity contribution is 0.0691. The Hall–Kier alpha value is -1.55. The fourth-order valence-electron chi connectivity index (χ4n) is 1.56. The first kappa shape index (κ1) is 9.98. The van der Waals surface area contributed by atoms with Gasteiger partial charge in [0.15, 0.2) is 0 Å². The molecule has 0 amide bonds. The first-order chi connectivity index (χ1) is 7.00. The first-order valence-corrected chi connectivity index (χ1v) is 4.59. The van der Waals surface area contributed by atoms with Crippen molar-refractivity contribution < 1.29 is 14.3 Å². The summed E-state index contributed by atoms with van der Waals surface area (Å²) in [4.78, 5) is 13.5. The fourth-order valence-corrected chi connectivity index (χ4v) is 1.82. The van der Waals surface area contributed by atoms with Crippen LogP contribution in [0.4, 0.5) is 4.39 Å². The van der Waals surface area contributed by atoms with Gasteiger partial charge < -0.3 is 10.1 Å². The minimum Gasteiger partial charge on any atom is -0.477 e. The van der Waals surface area contributed by atoms with E-state index in [2.05, 4.69) is 4.98 Å². The number of rotatable bonds is 1. The number of carbonyl (C=O) groups is 1. The van der Waals surface area contributed by atoms with Crippen LogP contribution in [0.1, 0.15) is 16.1 Å². The maximum absolute atomic E-state index is 13.0. The lowest BCUT2D eigenvalue weighted by Gasteiger charge is -1.94. The third-order valence-corrected chi connectivity index (χ3v) is 2.60. The number of carboxylic acid groups (broad SMARTS) is 1. The quantitative estimate of drug-likeness (QED) is 0.787. The maximum Gasteiger partial charge on any atom is 0.352 e. The standard InChI is InChI=1S/C10H7ClFNO2/c1-4-6-2-5(12)3-7(11)9(6)13-8(4)10(14)15/h2-3,13H,1H3,(H,14,15). The van der Waals surface area contributed by atoms with Gasteiger partial charge in [-0.1, -0.05) is 11.6 Å². The summed E-state index contributed by atoms with van der Waals surface area (Å²) in [5, 5.41) is 9.54. The van der Waals surface area contributed by atoms with Crippen LogP contribution < -0.4 is 0 Å². The smallest absolute Gasteiger partial charge is 0.352 e. The summed E-state index contributed by atoms with van der Waals surface area (Å²) in [5.74, 6) is -1.56. The molecule has 2 aromatic rings. The maximum atomic E-state index is 13.0. The third kappa shape index (κ3) is 1.47. The average Bonchev–Trinajstić information content (AvgIpc) is 2.44. The number of aromatic carboxylic acids is 1. The van der Waals surface area contributed by atoms with Crippen LogP contribution in [-0.4, -0.2) is 16.1 Å². The summed E-state index contributed by atoms with van der Waals surface area (Å²) in [6, 6.07) is 2.41. The highest BCUT2D eigenvalue weighted by Crippen LogP contribution is 2.28. The fraction of sp³-hybridized carbons (Fsp3) is 0.100. The van der Waals surface area contributed by atoms with Crippen molar-refractivity contribution in [1.82, 2.24) is 4.98 Å². The van der Waals surface area contributed by atoms with E-state index in [1.807, 2.05) is 0 Å². The number of carboxylic acids is 1. The summed E-state index contributed by atoms with van der Waals surface area (Å²) in [6.45, 7) is 1.61. The van der Waals surface area contributed by atoms with Crippen LogP contribution in [0.3, 0.4) is 0 Å². The van der Waals surface area contributed by atoms with E-state index in [1.165, 1.54) is 6.07 Å². The van der Waals surface area contributed by atoms with E-state index in [4.69, 9.17) is 16.7 Å². The molecule has 15 heavy (non-hydrogen) atoms. The number of fused-ring (bicyclic) bond motifs is 1. The summed E-state index contributed by atoms with van der Waals surface area (Å²) in [5.41, 5.74) is 0.976. The summed E-state index contributed by atoms with van der Waals surface area (Å²) >= 11 is 5.79. The van der Waals surface area contributed by atoms with Gasteiger partial charge >= 0.3 is 5.97 Å². The van der Waals surface area contributed by atoms with Crippen molar-refractivity contribution in [2.75, 3.05) is 0 Å². The molecule has 0 unspecified atom stereocenters. The van der Waals surface area contributed by atoms with Gasteiger partial charge in [-0.15, -0.1) is 0 Å². The van der Waals surface area contributed by atoms with E-state index in [0.29, 0.717) is 16.5 Å². The number of benzene rings is 1. The Morgan fingerprint density at radius 1 is 1.53 bits per heavy atom. The highest BCUT2D eigenvalue weighted by molar-refractivity contribution is 6.35. The van der Waals surface area contributed by atoms with Crippen LogP contribution in [0.2, 0.25) is 5.02 Å². The first-order valence-electron chi connectivity index (χ1n) is 4.21. The Labute approximate surface area is 89.5 Å². The lowest BCUT2D eigenvalue weighted by atomic mass is 10.1. The number of hydrogen-bond donors (Lipinski definition) is 2. The zero-order chi connectivity index (χ0) is 11.2. The molecular formula is C10H7ClFNO2. The van der Waals surface area contributed by atoms with Gasteiger partial charge in [0.1, 0.15) is 11.5 Å². The SMILES string of the molecule is Cc1c(C(=O)O)[nH]c2c(Cl)cc(F)cc12. The number of hydrogen-bond acceptors (Lipinski definition) is 1. The second-order valence-corrected chi connectivity index (χ2v) is 3.65. The van der Waals surface area contributed by atoms with Gasteiger partial charge in [-0.25, -0.2) is 9.18 Å². The summed E-state index contributed by atoms with van der Waals surface area (Å²) in [7, 11) is 0. The van der Waals surface area contributed by atoms with Crippen molar-refractivity contribution in [2.45, 2.75) is 6.92 Å². The highest BCUT2D eigenvalue weighted by atomic mass is 35.5. The second-order valence-electron chi connectivity index (χ2n) is 3.24. The predicted molar refractivity (Wildman–Crippen MR) is 55.0 cm³/mol. The largest absolute Gasteiger partial charge is 0.477 e. The van der Waals surface area contributed by atoms with Gasteiger partial charge in [0, 0.05) is 5.39 Å². The van der Waals surface area contributed by atoms with Gasteiger partial charge in [-0.05, 0) is 24.6 Å². The molecule has 0 bridgehead atoms. The van der Waals surface area contributed by atoms with Crippen LogP contribution in [0, 0.1) is 12.7 Å². The molecular weight excluding hydrogens is 221 g/mol. The Kier molecular flexibility index (Phi) is 2.16. The van der Waals surface area contributed by atoms with E-state index in [-0.39, 0.29) is 10.7 Å². The zero-order valence-corrected chi connectivity index (χ0v) is 8.52. The van der Waals surface area contributed by atoms with Gasteiger partial charge in [-0.2, -0.15) is 0 Å². The van der Waals surface area contributed by atoms with Gasteiger partial charge in [0.05, 0.1) is 10.5 Å². The lowest BCUT2D eigenvalue weighted by Crippen LogP contribution is -1.98. The normalized spacial score (nSPS) is 10.9. The van der Waals surface area contributed by atoms with Crippen molar-refractivity contribution in [3.8, 4) is 0 Å². The molecule has 0 radical (unpaired) electrons. The van der Waals surface area contributed by atoms with Gasteiger partial charge in [0.2, 0.25) is 0 Å². The van der Waals surface area contributed by atoms with Gasteiger partial charge in [-0.3, -0.25) is 0 Å². The molecule has 2 rings (SSSR count). The minimum absolute atomic E-state index is 0.0394. The van der Waals surface area contributed by atoms with Crippen molar-refractivity contribution >= 4 is 28.5 Å². The molecule has 0 spiro atoms. The number of H-pyrrole nitrogens is 1. The van der Waals surface area contributed by atoms with E-state index in [9.17, 15) is 9.18 Å². The molecule has 0 saturated heterocycles. The Bertz CT molecular complexity index is 562. The van der Waals surface area contributed by atoms with Gasteiger partial charge in [0.25, 0.3) is 0 Å². The molecule has 5 heteroatoms. The molecule has 1 heterocycles. The van der Waals surface area contributed by atoms with E-state index >= 15 is 0 Å². The van der Waals surface area contributed by atoms with E-state index < -0.39 is 11.8 Å². The average molecular weight is 228 g/mol. The number of nitrogens with one attached hydrogen (secondary N) is 1. The highest BCUT2D eigenvalue weighted by Gasteiger charge is 2.15. The monoisotopic (exact) mass is 227 g/mol. The van der Waals surface area contributed by atoms with E-state index in [1.54, 1.807) is 6.92 Å². The van der Waals surface area contributed by atoms with Crippen LogP contribution in [0.25, 0.3) is 10.9 Å². The minimum atomic E-state index is -1.08. The third-order valence-electron chi connectivity index (χ3n) is 2.30. The molecule has 0 aliphatic rings. The molecule has 0 aliphatic carbocycles. The Balaban J connectivity index is 2.88. The molecule has 3 nitrogen and oxygen atoms in total. The van der Waals surface area contributed by atoms with Crippen molar-refractivity contribution in [2.24, 2.45) is 0 Å². The number of aryl methyl sites for hydroxylation is 1. The number of halogens is 2. The van der Waals surface area contributed by atoms with Crippen LogP contribution >= 0.6 is 11.6 Å². The number of aromatic nitrogens is 1.